The second kappa shape index (κ2) is 9.42. The summed E-state index contributed by atoms with van der Waals surface area (Å²) in [5.41, 5.74) is 0.733. The highest BCUT2D eigenvalue weighted by Gasteiger charge is 2.26. The van der Waals surface area contributed by atoms with Crippen LogP contribution in [-0.2, 0) is 4.79 Å². The van der Waals surface area contributed by atoms with Crippen molar-refractivity contribution in [2.24, 2.45) is 5.92 Å². The summed E-state index contributed by atoms with van der Waals surface area (Å²) in [6.07, 6.45) is 4.44. The predicted octanol–water partition coefficient (Wildman–Crippen LogP) is 2.47. The lowest BCUT2D eigenvalue weighted by atomic mass is 9.97. The molecule has 0 aliphatic carbocycles. The van der Waals surface area contributed by atoms with Gasteiger partial charge >= 0.3 is 0 Å². The molecule has 1 atom stereocenters. The van der Waals surface area contributed by atoms with Gasteiger partial charge in [-0.3, -0.25) is 9.59 Å². The van der Waals surface area contributed by atoms with E-state index < -0.39 is 0 Å². The molecule has 2 fully saturated rings. The van der Waals surface area contributed by atoms with Crippen molar-refractivity contribution in [2.75, 3.05) is 45.5 Å². The SMILES string of the molecule is CNCC1CCCN(C(=O)c2ccccc2SCC(=O)N2CCCC2)C1. The monoisotopic (exact) mass is 375 g/mol. The summed E-state index contributed by atoms with van der Waals surface area (Å²) < 4.78 is 0. The molecule has 3 rings (SSSR count). The molecular weight excluding hydrogens is 346 g/mol. The Hall–Kier alpha value is -1.53. The Morgan fingerprint density at radius 3 is 2.62 bits per heavy atom. The molecule has 0 spiro atoms. The fourth-order valence-electron chi connectivity index (χ4n) is 3.84. The van der Waals surface area contributed by atoms with Crippen molar-refractivity contribution in [3.63, 3.8) is 0 Å². The van der Waals surface area contributed by atoms with Crippen LogP contribution in [0.3, 0.4) is 0 Å². The number of amides is 2. The molecule has 2 heterocycles. The molecule has 0 saturated carbocycles. The Morgan fingerprint density at radius 2 is 1.85 bits per heavy atom. The Kier molecular flexibility index (Phi) is 6.97. The van der Waals surface area contributed by atoms with Gasteiger partial charge in [-0.25, -0.2) is 0 Å². The smallest absolute Gasteiger partial charge is 0.254 e. The molecule has 1 unspecified atom stereocenters. The van der Waals surface area contributed by atoms with E-state index in [0.717, 1.165) is 62.4 Å². The number of carbonyl (C=O) groups excluding carboxylic acids is 2. The summed E-state index contributed by atoms with van der Waals surface area (Å²) >= 11 is 1.49. The van der Waals surface area contributed by atoms with Gasteiger partial charge in [-0.05, 0) is 57.3 Å². The first-order valence-corrected chi connectivity index (χ1v) is 10.6. The zero-order valence-electron chi connectivity index (χ0n) is 15.6. The largest absolute Gasteiger partial charge is 0.342 e. The number of nitrogens with one attached hydrogen (secondary N) is 1. The van der Waals surface area contributed by atoms with Crippen molar-refractivity contribution in [1.82, 2.24) is 15.1 Å². The van der Waals surface area contributed by atoms with Gasteiger partial charge in [0, 0.05) is 31.1 Å². The summed E-state index contributed by atoms with van der Waals surface area (Å²) in [6.45, 7) is 4.34. The Balaban J connectivity index is 1.64. The molecule has 5 nitrogen and oxygen atoms in total. The first-order valence-electron chi connectivity index (χ1n) is 9.62. The molecule has 6 heteroatoms. The average molecular weight is 376 g/mol. The highest BCUT2D eigenvalue weighted by molar-refractivity contribution is 8.00. The Labute approximate surface area is 160 Å². The van der Waals surface area contributed by atoms with Gasteiger partial charge in [0.05, 0.1) is 11.3 Å². The Bertz CT molecular complexity index is 629. The normalized spacial score (nSPS) is 20.4. The number of carbonyl (C=O) groups is 2. The van der Waals surface area contributed by atoms with Crippen molar-refractivity contribution < 1.29 is 9.59 Å². The first kappa shape index (κ1) is 19.2. The number of hydrogen-bond acceptors (Lipinski definition) is 4. The zero-order valence-corrected chi connectivity index (χ0v) is 16.4. The minimum absolute atomic E-state index is 0.0996. The number of rotatable bonds is 6. The van der Waals surface area contributed by atoms with Crippen molar-refractivity contribution in [2.45, 2.75) is 30.6 Å². The van der Waals surface area contributed by atoms with E-state index in [1.165, 1.54) is 18.2 Å². The van der Waals surface area contributed by atoms with Crippen LogP contribution in [0.2, 0.25) is 0 Å². The maximum Gasteiger partial charge on any atom is 0.254 e. The maximum atomic E-state index is 13.1. The van der Waals surface area contributed by atoms with Crippen molar-refractivity contribution >= 4 is 23.6 Å². The molecule has 1 N–H and O–H groups in total. The van der Waals surface area contributed by atoms with E-state index in [1.54, 1.807) is 0 Å². The van der Waals surface area contributed by atoms with E-state index >= 15 is 0 Å². The van der Waals surface area contributed by atoms with Crippen molar-refractivity contribution in [3.05, 3.63) is 29.8 Å². The molecule has 2 amide bonds. The highest BCUT2D eigenvalue weighted by Crippen LogP contribution is 2.26. The lowest BCUT2D eigenvalue weighted by Gasteiger charge is -2.33. The summed E-state index contributed by atoms with van der Waals surface area (Å²) in [7, 11) is 1.96. The number of hydrogen-bond donors (Lipinski definition) is 1. The molecule has 0 aromatic heterocycles. The van der Waals surface area contributed by atoms with Gasteiger partial charge < -0.3 is 15.1 Å². The molecule has 2 aliphatic rings. The van der Waals surface area contributed by atoms with E-state index in [2.05, 4.69) is 5.32 Å². The van der Waals surface area contributed by atoms with Crippen LogP contribution < -0.4 is 5.32 Å². The van der Waals surface area contributed by atoms with E-state index in [4.69, 9.17) is 0 Å². The highest BCUT2D eigenvalue weighted by atomic mass is 32.2. The van der Waals surface area contributed by atoms with Gasteiger partial charge in [-0.2, -0.15) is 0 Å². The lowest BCUT2D eigenvalue weighted by molar-refractivity contribution is -0.127. The van der Waals surface area contributed by atoms with Gasteiger partial charge in [-0.1, -0.05) is 12.1 Å². The van der Waals surface area contributed by atoms with Crippen LogP contribution in [0.1, 0.15) is 36.0 Å². The number of piperidine rings is 1. The van der Waals surface area contributed by atoms with E-state index in [-0.39, 0.29) is 11.8 Å². The predicted molar refractivity (Wildman–Crippen MR) is 106 cm³/mol. The van der Waals surface area contributed by atoms with E-state index in [9.17, 15) is 9.59 Å². The van der Waals surface area contributed by atoms with Gasteiger partial charge in [0.1, 0.15) is 0 Å². The summed E-state index contributed by atoms with van der Waals surface area (Å²) in [6, 6.07) is 7.71. The van der Waals surface area contributed by atoms with Crippen LogP contribution in [-0.4, -0.2) is 67.1 Å². The van der Waals surface area contributed by atoms with E-state index in [0.29, 0.717) is 11.7 Å². The molecular formula is C20H29N3O2S. The topological polar surface area (TPSA) is 52.7 Å². The molecule has 26 heavy (non-hydrogen) atoms. The number of benzene rings is 1. The molecule has 1 aromatic carbocycles. The molecule has 0 radical (unpaired) electrons. The second-order valence-corrected chi connectivity index (χ2v) is 8.21. The minimum Gasteiger partial charge on any atom is -0.342 e. The molecule has 2 aliphatic heterocycles. The third kappa shape index (κ3) is 4.80. The Morgan fingerprint density at radius 1 is 1.12 bits per heavy atom. The number of likely N-dealkylation sites (tertiary alicyclic amines) is 2. The van der Waals surface area contributed by atoms with Gasteiger partial charge in [0.2, 0.25) is 5.91 Å². The molecule has 1 aromatic rings. The van der Waals surface area contributed by atoms with Crippen molar-refractivity contribution in [3.8, 4) is 0 Å². The number of nitrogens with zero attached hydrogens (tertiary/aromatic N) is 2. The fraction of sp³-hybridized carbons (Fsp3) is 0.600. The quantitative estimate of drug-likeness (QED) is 0.776. The maximum absolute atomic E-state index is 13.1. The van der Waals surface area contributed by atoms with Crippen LogP contribution in [0, 0.1) is 5.92 Å². The third-order valence-corrected chi connectivity index (χ3v) is 6.28. The summed E-state index contributed by atoms with van der Waals surface area (Å²) in [5, 5.41) is 3.22. The minimum atomic E-state index is 0.0996. The van der Waals surface area contributed by atoms with Crippen LogP contribution in [0.25, 0.3) is 0 Å². The summed E-state index contributed by atoms with van der Waals surface area (Å²) in [5.74, 6) is 1.21. The van der Waals surface area contributed by atoms with Crippen LogP contribution >= 0.6 is 11.8 Å². The second-order valence-electron chi connectivity index (χ2n) is 7.19. The van der Waals surface area contributed by atoms with Gasteiger partial charge in [0.15, 0.2) is 0 Å². The van der Waals surface area contributed by atoms with Crippen molar-refractivity contribution in [1.29, 1.82) is 0 Å². The standard InChI is InChI=1S/C20H29N3O2S/c1-21-13-16-7-6-12-23(14-16)20(25)17-8-2-3-9-18(17)26-15-19(24)22-10-4-5-11-22/h2-3,8-9,16,21H,4-7,10-15H2,1H3. The van der Waals surface area contributed by atoms with Gasteiger partial charge in [0.25, 0.3) is 5.91 Å². The van der Waals surface area contributed by atoms with Crippen LogP contribution in [0.4, 0.5) is 0 Å². The molecule has 142 valence electrons. The molecule has 0 bridgehead atoms. The first-order chi connectivity index (χ1) is 12.7. The molecule has 2 saturated heterocycles. The van der Waals surface area contributed by atoms with Crippen LogP contribution in [0.15, 0.2) is 29.2 Å². The summed E-state index contributed by atoms with van der Waals surface area (Å²) in [4.78, 5) is 30.2. The average Bonchev–Trinajstić information content (AvgIpc) is 3.21. The van der Waals surface area contributed by atoms with Gasteiger partial charge in [-0.15, -0.1) is 11.8 Å². The van der Waals surface area contributed by atoms with Crippen LogP contribution in [0.5, 0.6) is 0 Å². The third-order valence-electron chi connectivity index (χ3n) is 5.23. The fourth-order valence-corrected chi connectivity index (χ4v) is 4.79. The van der Waals surface area contributed by atoms with E-state index in [1.807, 2.05) is 41.1 Å². The lowest BCUT2D eigenvalue weighted by Crippen LogP contribution is -2.42. The zero-order chi connectivity index (χ0) is 18.4. The number of thioether (sulfide) groups is 1.